The summed E-state index contributed by atoms with van der Waals surface area (Å²) in [5, 5.41) is 12.2. The number of benzene rings is 1. The van der Waals surface area contributed by atoms with E-state index in [4.69, 9.17) is 0 Å². The van der Waals surface area contributed by atoms with Crippen molar-refractivity contribution in [2.75, 3.05) is 6.54 Å². The molecule has 21 heavy (non-hydrogen) atoms. The van der Waals surface area contributed by atoms with E-state index >= 15 is 0 Å². The van der Waals surface area contributed by atoms with Gasteiger partial charge in [-0.05, 0) is 25.1 Å². The molecule has 0 fully saturated rings. The molecule has 1 aliphatic rings. The first-order valence-electron chi connectivity index (χ1n) is 6.51. The highest BCUT2D eigenvalue weighted by molar-refractivity contribution is 7.09. The largest absolute Gasteiger partial charge is 0.318 e. The van der Waals surface area contributed by atoms with Crippen LogP contribution in [0.2, 0.25) is 0 Å². The fourth-order valence-electron chi connectivity index (χ4n) is 2.50. The first-order valence-corrected chi connectivity index (χ1v) is 7.39. The highest BCUT2D eigenvalue weighted by Gasteiger charge is 2.36. The van der Waals surface area contributed by atoms with Gasteiger partial charge in [-0.3, -0.25) is 4.79 Å². The predicted octanol–water partition coefficient (Wildman–Crippen LogP) is 2.85. The lowest BCUT2D eigenvalue weighted by atomic mass is 10.1. The van der Waals surface area contributed by atoms with Crippen LogP contribution in [0.1, 0.15) is 32.7 Å². The third kappa shape index (κ3) is 2.41. The van der Waals surface area contributed by atoms with Crippen LogP contribution in [0.5, 0.6) is 0 Å². The van der Waals surface area contributed by atoms with Gasteiger partial charge in [0, 0.05) is 35.2 Å². The number of aryl methyl sites for hydroxylation is 1. The van der Waals surface area contributed by atoms with Gasteiger partial charge in [-0.2, -0.15) is 5.26 Å². The van der Waals surface area contributed by atoms with Crippen molar-refractivity contribution in [2.24, 2.45) is 0 Å². The van der Waals surface area contributed by atoms with Gasteiger partial charge in [-0.15, -0.1) is 11.3 Å². The molecular formula is C15H12FN3OS. The molecule has 1 aliphatic heterocycles. The molecule has 0 N–H and O–H groups in total. The van der Waals surface area contributed by atoms with Crippen molar-refractivity contribution in [3.63, 3.8) is 0 Å². The number of rotatable bonds is 3. The lowest BCUT2D eigenvalue weighted by Gasteiger charge is -2.19. The maximum absolute atomic E-state index is 13.3. The molecule has 2 heterocycles. The standard InChI is InChI=1S/C15H12FN3OS/c1-9-8-21-14(18-9)4-5-19-13(7-17)12-6-10(16)2-3-11(12)15(19)20/h2-3,6,8,13H,4-5H2,1H3. The van der Waals surface area contributed by atoms with Crippen LogP contribution in [0.3, 0.4) is 0 Å². The summed E-state index contributed by atoms with van der Waals surface area (Å²) in [7, 11) is 0. The van der Waals surface area contributed by atoms with Crippen LogP contribution in [0.15, 0.2) is 23.6 Å². The smallest absolute Gasteiger partial charge is 0.255 e. The van der Waals surface area contributed by atoms with Gasteiger partial charge < -0.3 is 4.90 Å². The predicted molar refractivity (Wildman–Crippen MR) is 76.3 cm³/mol. The van der Waals surface area contributed by atoms with Gasteiger partial charge in [0.1, 0.15) is 11.9 Å². The number of thiazole rings is 1. The molecule has 1 amide bonds. The number of nitriles is 1. The molecule has 1 atom stereocenters. The van der Waals surface area contributed by atoms with Crippen molar-refractivity contribution in [3.05, 3.63) is 51.2 Å². The molecule has 3 rings (SSSR count). The summed E-state index contributed by atoms with van der Waals surface area (Å²) >= 11 is 1.54. The molecule has 2 aromatic rings. The molecule has 0 saturated carbocycles. The number of amides is 1. The monoisotopic (exact) mass is 301 g/mol. The van der Waals surface area contributed by atoms with Crippen molar-refractivity contribution in [1.82, 2.24) is 9.88 Å². The molecule has 0 saturated heterocycles. The van der Waals surface area contributed by atoms with Crippen LogP contribution >= 0.6 is 11.3 Å². The molecule has 106 valence electrons. The minimum Gasteiger partial charge on any atom is -0.318 e. The highest BCUT2D eigenvalue weighted by atomic mass is 32.1. The second-order valence-corrected chi connectivity index (χ2v) is 5.84. The Labute approximate surface area is 125 Å². The van der Waals surface area contributed by atoms with Gasteiger partial charge in [0.25, 0.3) is 5.91 Å². The number of hydrogen-bond acceptors (Lipinski definition) is 4. The minimum atomic E-state index is -0.718. The maximum atomic E-state index is 13.3. The molecule has 6 heteroatoms. The molecular weight excluding hydrogens is 289 g/mol. The number of carbonyl (C=O) groups excluding carboxylic acids is 1. The second kappa shape index (κ2) is 5.26. The van der Waals surface area contributed by atoms with E-state index < -0.39 is 11.9 Å². The van der Waals surface area contributed by atoms with Crippen LogP contribution in [0.4, 0.5) is 4.39 Å². The van der Waals surface area contributed by atoms with E-state index in [9.17, 15) is 14.4 Å². The zero-order valence-corrected chi connectivity index (χ0v) is 12.2. The van der Waals surface area contributed by atoms with Gasteiger partial charge in [-0.25, -0.2) is 9.37 Å². The Hall–Kier alpha value is -2.26. The van der Waals surface area contributed by atoms with Crippen molar-refractivity contribution in [1.29, 1.82) is 5.26 Å². The van der Waals surface area contributed by atoms with Gasteiger partial charge in [0.15, 0.2) is 0 Å². The van der Waals surface area contributed by atoms with Crippen molar-refractivity contribution < 1.29 is 9.18 Å². The Kier molecular flexibility index (Phi) is 3.43. The van der Waals surface area contributed by atoms with E-state index in [0.717, 1.165) is 10.7 Å². The van der Waals surface area contributed by atoms with Gasteiger partial charge in [-0.1, -0.05) is 0 Å². The Morgan fingerprint density at radius 2 is 2.33 bits per heavy atom. The summed E-state index contributed by atoms with van der Waals surface area (Å²) in [5.74, 6) is -0.649. The lowest BCUT2D eigenvalue weighted by molar-refractivity contribution is 0.0759. The van der Waals surface area contributed by atoms with Gasteiger partial charge in [0.05, 0.1) is 11.1 Å². The summed E-state index contributed by atoms with van der Waals surface area (Å²) < 4.78 is 13.3. The molecule has 0 aliphatic carbocycles. The van der Waals surface area contributed by atoms with Crippen molar-refractivity contribution in [2.45, 2.75) is 19.4 Å². The number of aromatic nitrogens is 1. The van der Waals surface area contributed by atoms with Crippen molar-refractivity contribution in [3.8, 4) is 6.07 Å². The normalized spacial score (nSPS) is 16.9. The molecule has 1 aromatic heterocycles. The summed E-state index contributed by atoms with van der Waals surface area (Å²) in [5.41, 5.74) is 1.82. The number of halogens is 1. The Morgan fingerprint density at radius 1 is 1.52 bits per heavy atom. The van der Waals surface area contributed by atoms with Gasteiger partial charge >= 0.3 is 0 Å². The average molecular weight is 301 g/mol. The van der Waals surface area contributed by atoms with Crippen LogP contribution in [0, 0.1) is 24.1 Å². The van der Waals surface area contributed by atoms with Crippen LogP contribution in [-0.4, -0.2) is 22.3 Å². The quantitative estimate of drug-likeness (QED) is 0.876. The van der Waals surface area contributed by atoms with Gasteiger partial charge in [0.2, 0.25) is 0 Å². The fraction of sp³-hybridized carbons (Fsp3) is 0.267. The zero-order valence-electron chi connectivity index (χ0n) is 11.3. The third-order valence-corrected chi connectivity index (χ3v) is 4.49. The Balaban J connectivity index is 1.83. The molecule has 1 aromatic carbocycles. The Bertz CT molecular complexity index is 750. The number of hydrogen-bond donors (Lipinski definition) is 0. The zero-order chi connectivity index (χ0) is 15.0. The molecule has 0 bridgehead atoms. The van der Waals surface area contributed by atoms with E-state index in [1.54, 1.807) is 0 Å². The third-order valence-electron chi connectivity index (χ3n) is 3.47. The van der Waals surface area contributed by atoms with Crippen LogP contribution in [0.25, 0.3) is 0 Å². The molecule has 4 nitrogen and oxygen atoms in total. The van der Waals surface area contributed by atoms with Crippen molar-refractivity contribution >= 4 is 17.2 Å². The topological polar surface area (TPSA) is 57.0 Å². The summed E-state index contributed by atoms with van der Waals surface area (Å²) in [4.78, 5) is 18.2. The summed E-state index contributed by atoms with van der Waals surface area (Å²) in [6, 6.07) is 5.34. The number of fused-ring (bicyclic) bond motifs is 1. The number of carbonyl (C=O) groups is 1. The first-order chi connectivity index (χ1) is 10.1. The molecule has 1 unspecified atom stereocenters. The second-order valence-electron chi connectivity index (χ2n) is 4.89. The summed E-state index contributed by atoms with van der Waals surface area (Å²) in [6.45, 7) is 2.32. The first kappa shape index (κ1) is 13.7. The average Bonchev–Trinajstić information content (AvgIpc) is 2.98. The Morgan fingerprint density at radius 3 is 3.00 bits per heavy atom. The van der Waals surface area contributed by atoms with E-state index in [1.807, 2.05) is 12.3 Å². The SMILES string of the molecule is Cc1csc(CCN2C(=O)c3ccc(F)cc3C2C#N)n1. The van der Waals surface area contributed by atoms with E-state index in [2.05, 4.69) is 11.1 Å². The maximum Gasteiger partial charge on any atom is 0.255 e. The van der Waals surface area contributed by atoms with E-state index in [-0.39, 0.29) is 5.91 Å². The molecule has 0 spiro atoms. The summed E-state index contributed by atoms with van der Waals surface area (Å²) in [6.07, 6.45) is 0.596. The fourth-order valence-corrected chi connectivity index (χ4v) is 3.26. The van der Waals surface area contributed by atoms with Crippen LogP contribution in [-0.2, 0) is 6.42 Å². The van der Waals surface area contributed by atoms with E-state index in [0.29, 0.717) is 24.1 Å². The highest BCUT2D eigenvalue weighted by Crippen LogP contribution is 2.33. The minimum absolute atomic E-state index is 0.218. The van der Waals surface area contributed by atoms with Crippen LogP contribution < -0.4 is 0 Å². The molecule has 0 radical (unpaired) electrons. The number of nitrogens with zero attached hydrogens (tertiary/aromatic N) is 3. The lowest BCUT2D eigenvalue weighted by Crippen LogP contribution is -2.29. The van der Waals surface area contributed by atoms with E-state index in [1.165, 1.54) is 34.4 Å².